The molecule has 4 nitrogen and oxygen atoms in total. The van der Waals surface area contributed by atoms with Crippen molar-refractivity contribution in [2.75, 3.05) is 13.2 Å². The topological polar surface area (TPSA) is 55.8 Å². The molecule has 0 amide bonds. The Morgan fingerprint density at radius 3 is 2.43 bits per heavy atom. The number of hydrogen-bond acceptors (Lipinski definition) is 3. The van der Waals surface area contributed by atoms with Crippen LogP contribution in [0.15, 0.2) is 10.5 Å². The maximum atomic E-state index is 12.0. The number of carboxylic acid groups (broad SMARTS) is 1. The van der Waals surface area contributed by atoms with Gasteiger partial charge >= 0.3 is 5.97 Å². The van der Waals surface area contributed by atoms with Gasteiger partial charge in [0.05, 0.1) is 9.89 Å². The highest BCUT2D eigenvalue weighted by Gasteiger charge is 2.43. The van der Waals surface area contributed by atoms with E-state index >= 15 is 0 Å². The molecule has 1 heterocycles. The van der Waals surface area contributed by atoms with Crippen LogP contribution >= 0.6 is 15.9 Å². The van der Waals surface area contributed by atoms with Crippen molar-refractivity contribution < 1.29 is 19.4 Å². The van der Waals surface area contributed by atoms with E-state index in [1.54, 1.807) is 0 Å². The van der Waals surface area contributed by atoms with Gasteiger partial charge in [0.15, 0.2) is 11.5 Å². The summed E-state index contributed by atoms with van der Waals surface area (Å²) >= 11 is 3.51. The molecule has 3 rings (SSSR count). The fraction of sp³-hybridized carbons (Fsp3) is 0.562. The van der Waals surface area contributed by atoms with E-state index in [1.807, 2.05) is 13.0 Å². The minimum absolute atomic E-state index is 0.504. The molecule has 2 aliphatic rings. The van der Waals surface area contributed by atoms with Gasteiger partial charge in [-0.2, -0.15) is 0 Å². The molecule has 0 radical (unpaired) electrons. The van der Waals surface area contributed by atoms with Crippen LogP contribution in [-0.4, -0.2) is 24.3 Å². The summed E-state index contributed by atoms with van der Waals surface area (Å²) in [5, 5.41) is 9.87. The second-order valence-corrected chi connectivity index (χ2v) is 6.69. The van der Waals surface area contributed by atoms with E-state index in [4.69, 9.17) is 9.47 Å². The highest BCUT2D eigenvalue weighted by atomic mass is 79.9. The van der Waals surface area contributed by atoms with Crippen LogP contribution in [0.4, 0.5) is 0 Å². The van der Waals surface area contributed by atoms with Gasteiger partial charge in [-0.25, -0.2) is 0 Å². The highest BCUT2D eigenvalue weighted by molar-refractivity contribution is 9.10. The van der Waals surface area contributed by atoms with Gasteiger partial charge in [-0.05, 0) is 52.9 Å². The van der Waals surface area contributed by atoms with Gasteiger partial charge in [0, 0.05) is 0 Å². The van der Waals surface area contributed by atoms with Crippen LogP contribution in [0.1, 0.15) is 43.2 Å². The number of hydrogen-bond donors (Lipinski definition) is 1. The predicted octanol–water partition coefficient (Wildman–Crippen LogP) is 3.82. The minimum atomic E-state index is -0.791. The maximum absolute atomic E-state index is 12.0. The third-order valence-electron chi connectivity index (χ3n) is 4.65. The SMILES string of the molecule is Cc1c(C2(C(=O)O)CCCCC2)cc(Br)c2c1OCCO2. The molecular weight excluding hydrogens is 336 g/mol. The second kappa shape index (κ2) is 5.52. The van der Waals surface area contributed by atoms with E-state index in [0.29, 0.717) is 37.6 Å². The van der Waals surface area contributed by atoms with Crippen molar-refractivity contribution in [3.05, 3.63) is 21.7 Å². The van der Waals surface area contributed by atoms with Gasteiger partial charge in [-0.3, -0.25) is 4.79 Å². The summed E-state index contributed by atoms with van der Waals surface area (Å²) in [5.74, 6) is 0.657. The Kier molecular flexibility index (Phi) is 3.86. The van der Waals surface area contributed by atoms with E-state index in [0.717, 1.165) is 34.9 Å². The summed E-state index contributed by atoms with van der Waals surface area (Å²) in [6.07, 6.45) is 4.40. The van der Waals surface area contributed by atoms with Gasteiger partial charge in [0.25, 0.3) is 0 Å². The van der Waals surface area contributed by atoms with Crippen molar-refractivity contribution in [3.63, 3.8) is 0 Å². The fourth-order valence-electron chi connectivity index (χ4n) is 3.55. The molecule has 0 spiro atoms. The van der Waals surface area contributed by atoms with Gasteiger partial charge < -0.3 is 14.6 Å². The molecule has 1 aliphatic carbocycles. The molecule has 1 aliphatic heterocycles. The van der Waals surface area contributed by atoms with Crippen molar-refractivity contribution in [3.8, 4) is 11.5 Å². The number of carbonyl (C=O) groups is 1. The van der Waals surface area contributed by atoms with Gasteiger partial charge in [-0.1, -0.05) is 19.3 Å². The molecule has 0 unspecified atom stereocenters. The number of aliphatic carboxylic acids is 1. The van der Waals surface area contributed by atoms with E-state index in [9.17, 15) is 9.90 Å². The second-order valence-electron chi connectivity index (χ2n) is 5.83. The summed E-state index contributed by atoms with van der Waals surface area (Å²) in [6, 6.07) is 1.92. The first-order valence-corrected chi connectivity index (χ1v) is 8.18. The molecule has 5 heteroatoms. The standard InChI is InChI=1S/C16H19BrO4/c1-10-11(16(15(18)19)5-3-2-4-6-16)9-12(17)14-13(10)20-7-8-21-14/h9H,2-8H2,1H3,(H,18,19). The number of fused-ring (bicyclic) bond motifs is 1. The van der Waals surface area contributed by atoms with E-state index in [2.05, 4.69) is 15.9 Å². The first-order valence-electron chi connectivity index (χ1n) is 7.39. The normalized spacial score (nSPS) is 20.1. The highest BCUT2D eigenvalue weighted by Crippen LogP contribution is 2.48. The van der Waals surface area contributed by atoms with Crippen molar-refractivity contribution in [2.45, 2.75) is 44.4 Å². The average Bonchev–Trinajstić information content (AvgIpc) is 2.51. The largest absolute Gasteiger partial charge is 0.486 e. The molecule has 1 aromatic carbocycles. The third kappa shape index (κ3) is 2.31. The van der Waals surface area contributed by atoms with E-state index < -0.39 is 11.4 Å². The molecule has 0 atom stereocenters. The predicted molar refractivity (Wildman–Crippen MR) is 82.3 cm³/mol. The van der Waals surface area contributed by atoms with E-state index in [1.165, 1.54) is 0 Å². The molecule has 21 heavy (non-hydrogen) atoms. The van der Waals surface area contributed by atoms with Crippen LogP contribution in [0, 0.1) is 6.92 Å². The molecule has 0 saturated heterocycles. The van der Waals surface area contributed by atoms with Crippen molar-refractivity contribution in [2.24, 2.45) is 0 Å². The third-order valence-corrected chi connectivity index (χ3v) is 5.24. The molecular formula is C16H19BrO4. The lowest BCUT2D eigenvalue weighted by molar-refractivity contribution is -0.145. The summed E-state index contributed by atoms with van der Waals surface area (Å²) in [6.45, 7) is 2.97. The molecule has 1 N–H and O–H groups in total. The minimum Gasteiger partial charge on any atom is -0.486 e. The zero-order valence-corrected chi connectivity index (χ0v) is 13.7. The molecule has 1 aromatic rings. The number of carboxylic acids is 1. The molecule has 1 saturated carbocycles. The zero-order valence-electron chi connectivity index (χ0n) is 12.1. The Morgan fingerprint density at radius 2 is 1.81 bits per heavy atom. The van der Waals surface area contributed by atoms with Gasteiger partial charge in [0.2, 0.25) is 0 Å². The Balaban J connectivity index is 2.17. The number of halogens is 1. The fourth-order valence-corrected chi connectivity index (χ4v) is 4.07. The Hall–Kier alpha value is -1.23. The van der Waals surface area contributed by atoms with Crippen LogP contribution in [0.3, 0.4) is 0 Å². The zero-order chi connectivity index (χ0) is 15.0. The molecule has 114 valence electrons. The van der Waals surface area contributed by atoms with Crippen LogP contribution in [0.2, 0.25) is 0 Å². The van der Waals surface area contributed by atoms with E-state index in [-0.39, 0.29) is 0 Å². The monoisotopic (exact) mass is 354 g/mol. The van der Waals surface area contributed by atoms with Crippen LogP contribution < -0.4 is 9.47 Å². The molecule has 1 fully saturated rings. The average molecular weight is 355 g/mol. The lowest BCUT2D eigenvalue weighted by Gasteiger charge is -2.36. The summed E-state index contributed by atoms with van der Waals surface area (Å²) in [4.78, 5) is 12.0. The Bertz CT molecular complexity index is 576. The first kappa shape index (κ1) is 14.7. The Labute approximate surface area is 132 Å². The summed E-state index contributed by atoms with van der Waals surface area (Å²) in [5.41, 5.74) is 0.976. The summed E-state index contributed by atoms with van der Waals surface area (Å²) in [7, 11) is 0. The van der Waals surface area contributed by atoms with Crippen molar-refractivity contribution in [1.82, 2.24) is 0 Å². The maximum Gasteiger partial charge on any atom is 0.314 e. The molecule has 0 aromatic heterocycles. The van der Waals surface area contributed by atoms with Crippen LogP contribution in [-0.2, 0) is 10.2 Å². The Morgan fingerprint density at radius 1 is 1.19 bits per heavy atom. The van der Waals surface area contributed by atoms with Gasteiger partial charge in [-0.15, -0.1) is 0 Å². The number of benzene rings is 1. The van der Waals surface area contributed by atoms with Crippen molar-refractivity contribution >= 4 is 21.9 Å². The first-order chi connectivity index (χ1) is 10.1. The van der Waals surface area contributed by atoms with Gasteiger partial charge in [0.1, 0.15) is 13.2 Å². The van der Waals surface area contributed by atoms with Crippen molar-refractivity contribution in [1.29, 1.82) is 0 Å². The lowest BCUT2D eigenvalue weighted by atomic mass is 9.68. The van der Waals surface area contributed by atoms with Crippen LogP contribution in [0.5, 0.6) is 11.5 Å². The smallest absolute Gasteiger partial charge is 0.314 e. The number of ether oxygens (including phenoxy) is 2. The quantitative estimate of drug-likeness (QED) is 0.876. The molecule has 0 bridgehead atoms. The number of rotatable bonds is 2. The summed E-state index contributed by atoms with van der Waals surface area (Å²) < 4.78 is 12.2. The van der Waals surface area contributed by atoms with Crippen LogP contribution in [0.25, 0.3) is 0 Å². The lowest BCUT2D eigenvalue weighted by Crippen LogP contribution is -2.38.